The van der Waals surface area contributed by atoms with Gasteiger partial charge in [0.2, 0.25) is 6.29 Å². The summed E-state index contributed by atoms with van der Waals surface area (Å²) >= 11 is 0. The van der Waals surface area contributed by atoms with Crippen molar-refractivity contribution in [3.8, 4) is 0 Å². The van der Waals surface area contributed by atoms with Crippen LogP contribution in [-0.2, 0) is 33.5 Å². The molecule has 0 amide bonds. The Morgan fingerprint density at radius 3 is 2.70 bits per heavy atom. The third kappa shape index (κ3) is 11.5. The van der Waals surface area contributed by atoms with E-state index in [2.05, 4.69) is 25.7 Å². The molecule has 0 spiro atoms. The fourth-order valence-electron chi connectivity index (χ4n) is 6.01. The van der Waals surface area contributed by atoms with E-state index in [9.17, 15) is 15.0 Å². The maximum Gasteiger partial charge on any atom is 0.306 e. The van der Waals surface area contributed by atoms with Gasteiger partial charge in [-0.15, -0.1) is 0 Å². The minimum Gasteiger partial charge on any atom is -0.459 e. The number of esters is 1. The van der Waals surface area contributed by atoms with E-state index >= 15 is 0 Å². The van der Waals surface area contributed by atoms with Crippen LogP contribution in [0.2, 0.25) is 0 Å². The molecule has 0 aromatic heterocycles. The second-order valence-electron chi connectivity index (χ2n) is 13.7. The van der Waals surface area contributed by atoms with Crippen molar-refractivity contribution < 1.29 is 43.7 Å². The molecule has 4 aliphatic heterocycles. The number of cyclic esters (lactones) is 1. The van der Waals surface area contributed by atoms with Gasteiger partial charge in [-0.1, -0.05) is 49.0 Å². The molecule has 4 aliphatic rings. The van der Waals surface area contributed by atoms with E-state index in [-0.39, 0.29) is 49.3 Å². The lowest BCUT2D eigenvalue weighted by Gasteiger charge is -2.29. The van der Waals surface area contributed by atoms with Crippen LogP contribution in [0.25, 0.3) is 0 Å². The highest BCUT2D eigenvalue weighted by Gasteiger charge is 2.46. The molecule has 0 radical (unpaired) electrons. The smallest absolute Gasteiger partial charge is 0.306 e. The molecule has 10 atom stereocenters. The van der Waals surface area contributed by atoms with Crippen molar-refractivity contribution in [2.75, 3.05) is 0 Å². The Kier molecular flexibility index (Phi) is 12.2. The van der Waals surface area contributed by atoms with Gasteiger partial charge in [0.15, 0.2) is 0 Å². The minimum absolute atomic E-state index is 0.0257. The van der Waals surface area contributed by atoms with Crippen LogP contribution in [0.3, 0.4) is 0 Å². The van der Waals surface area contributed by atoms with Crippen LogP contribution >= 0.6 is 0 Å². The average Bonchev–Trinajstić information content (AvgIpc) is 3.68. The number of ether oxygens (including phenoxy) is 4. The fraction of sp³-hybridized carbons (Fsp3) is 0.735. The zero-order valence-corrected chi connectivity index (χ0v) is 26.5. The quantitative estimate of drug-likeness (QED) is 0.140. The summed E-state index contributed by atoms with van der Waals surface area (Å²) in [6.45, 7) is 14.1. The summed E-state index contributed by atoms with van der Waals surface area (Å²) in [5.41, 5.74) is 1.57. The largest absolute Gasteiger partial charge is 0.459 e. The van der Waals surface area contributed by atoms with Gasteiger partial charge in [-0.25, -0.2) is 4.89 Å². The van der Waals surface area contributed by atoms with Crippen LogP contribution in [0.1, 0.15) is 92.4 Å². The summed E-state index contributed by atoms with van der Waals surface area (Å²) in [7, 11) is 0. The van der Waals surface area contributed by atoms with Crippen LogP contribution in [0.15, 0.2) is 48.1 Å². The number of hydrogen-bond acceptors (Lipinski definition) is 9. The average molecular weight is 605 g/mol. The highest BCUT2D eigenvalue weighted by Crippen LogP contribution is 2.35. The normalized spacial score (nSPS) is 37.6. The number of fused-ring (bicyclic) bond motifs is 3. The van der Waals surface area contributed by atoms with Gasteiger partial charge < -0.3 is 29.2 Å². The first-order valence-electron chi connectivity index (χ1n) is 15.9. The van der Waals surface area contributed by atoms with Crippen LogP contribution < -0.4 is 0 Å². The van der Waals surface area contributed by atoms with Crippen molar-refractivity contribution in [1.29, 1.82) is 0 Å². The molecule has 9 heteroatoms. The molecule has 0 saturated carbocycles. The van der Waals surface area contributed by atoms with E-state index in [1.807, 2.05) is 33.8 Å². The molecule has 0 aliphatic carbocycles. The summed E-state index contributed by atoms with van der Waals surface area (Å²) in [5.74, 6) is 0.00312. The number of epoxide rings is 1. The first-order chi connectivity index (χ1) is 20.3. The second kappa shape index (κ2) is 15.4. The molecule has 43 heavy (non-hydrogen) atoms. The topological polar surface area (TPSA) is 116 Å². The summed E-state index contributed by atoms with van der Waals surface area (Å²) in [6, 6.07) is 0. The van der Waals surface area contributed by atoms with Crippen molar-refractivity contribution in [3.63, 3.8) is 0 Å². The lowest BCUT2D eigenvalue weighted by atomic mass is 9.90. The Morgan fingerprint density at radius 2 is 1.93 bits per heavy atom. The molecule has 0 aromatic rings. The molecule has 242 valence electrons. The zero-order valence-electron chi connectivity index (χ0n) is 26.5. The van der Waals surface area contributed by atoms with Gasteiger partial charge in [0.25, 0.3) is 0 Å². The van der Waals surface area contributed by atoms with Gasteiger partial charge >= 0.3 is 5.97 Å². The van der Waals surface area contributed by atoms with Crippen molar-refractivity contribution >= 4 is 5.97 Å². The van der Waals surface area contributed by atoms with E-state index in [4.69, 9.17) is 28.7 Å². The number of aliphatic hydroxyl groups excluding tert-OH is 2. The number of carbonyl (C=O) groups is 1. The van der Waals surface area contributed by atoms with E-state index in [0.29, 0.717) is 25.2 Å². The first kappa shape index (κ1) is 34.0. The van der Waals surface area contributed by atoms with Gasteiger partial charge in [0.05, 0.1) is 36.1 Å². The third-order valence-electron chi connectivity index (χ3n) is 8.08. The zero-order chi connectivity index (χ0) is 31.1. The molecule has 2 fully saturated rings. The van der Waals surface area contributed by atoms with Crippen LogP contribution in [0, 0.1) is 5.92 Å². The highest BCUT2D eigenvalue weighted by molar-refractivity contribution is 5.69. The molecule has 4 heterocycles. The number of rotatable bonds is 5. The molecule has 2 bridgehead atoms. The van der Waals surface area contributed by atoms with Gasteiger partial charge in [-0.3, -0.25) is 4.79 Å². The van der Waals surface area contributed by atoms with Crippen molar-refractivity contribution in [2.24, 2.45) is 5.92 Å². The standard InChI is InChI=1S/C34H52O9/c1-21-15-22(2)18-28(36)33-30(41-33)20-29(40-31(37)12-8-10-24-9-7-11-25(16-21)38-24)27(35)14-13-26-17-23(3)19-32(39-26)42-43-34(4,5)6/h7,9,13-14,19,21,24-30,32-33,35-36H,2,8,10-12,15-18,20H2,1,3-6H3/b14-13+/t21-,24-,25-,26+,27-,28-,29-,30-,32?,33-/m0/s1. The van der Waals surface area contributed by atoms with E-state index < -0.39 is 30.2 Å². The van der Waals surface area contributed by atoms with Crippen LogP contribution in [0.5, 0.6) is 0 Å². The maximum atomic E-state index is 12.9. The van der Waals surface area contributed by atoms with E-state index in [1.165, 1.54) is 0 Å². The van der Waals surface area contributed by atoms with Gasteiger partial charge in [0, 0.05) is 12.8 Å². The van der Waals surface area contributed by atoms with Crippen molar-refractivity contribution in [1.82, 2.24) is 0 Å². The molecule has 1 unspecified atom stereocenters. The second-order valence-corrected chi connectivity index (χ2v) is 13.7. The molecule has 2 N–H and O–H groups in total. The summed E-state index contributed by atoms with van der Waals surface area (Å²) in [5, 5.41) is 22.0. The van der Waals surface area contributed by atoms with Crippen LogP contribution in [-0.4, -0.2) is 76.9 Å². The SMILES string of the molecule is C=C1C[C@H](C)C[C@@H]2CC=C[C@@H](CCCC(=O)O[C@H]([C@@H](O)/C=C/[C@@H]3CC(C)=CC(OOC(C)(C)C)O3)C[C@@H]3O[C@H]3[C@@H](O)C1)O2. The monoisotopic (exact) mass is 604 g/mol. The van der Waals surface area contributed by atoms with Gasteiger partial charge in [0.1, 0.15) is 18.3 Å². The van der Waals surface area contributed by atoms with Crippen LogP contribution in [0.4, 0.5) is 0 Å². The summed E-state index contributed by atoms with van der Waals surface area (Å²) < 4.78 is 23.9. The Bertz CT molecular complexity index is 1030. The molecular weight excluding hydrogens is 552 g/mol. The summed E-state index contributed by atoms with van der Waals surface area (Å²) in [6.07, 6.45) is 10.8. The number of hydrogen-bond donors (Lipinski definition) is 2. The van der Waals surface area contributed by atoms with Crippen molar-refractivity contribution in [3.05, 3.63) is 48.1 Å². The Morgan fingerprint density at radius 1 is 1.14 bits per heavy atom. The fourth-order valence-corrected chi connectivity index (χ4v) is 6.01. The molecule has 2 saturated heterocycles. The molecular formula is C34H52O9. The minimum atomic E-state index is -1.09. The molecule has 4 rings (SSSR count). The van der Waals surface area contributed by atoms with Crippen molar-refractivity contribution in [2.45, 2.75) is 153 Å². The first-order valence-corrected chi connectivity index (χ1v) is 15.9. The predicted molar refractivity (Wildman–Crippen MR) is 162 cm³/mol. The predicted octanol–water partition coefficient (Wildman–Crippen LogP) is 5.40. The van der Waals surface area contributed by atoms with E-state index in [0.717, 1.165) is 36.8 Å². The van der Waals surface area contributed by atoms with Gasteiger partial charge in [-0.05, 0) is 84.6 Å². The lowest BCUT2D eigenvalue weighted by Crippen LogP contribution is -2.34. The third-order valence-corrected chi connectivity index (χ3v) is 8.08. The Hall–Kier alpha value is -1.85. The number of carbonyl (C=O) groups excluding carboxylic acids is 1. The summed E-state index contributed by atoms with van der Waals surface area (Å²) in [4.78, 5) is 23.8. The highest BCUT2D eigenvalue weighted by atomic mass is 17.2. The number of aliphatic hydroxyl groups is 2. The van der Waals surface area contributed by atoms with Gasteiger partial charge in [-0.2, -0.15) is 4.89 Å². The van der Waals surface area contributed by atoms with E-state index in [1.54, 1.807) is 12.2 Å². The Labute approximate surface area is 256 Å². The maximum absolute atomic E-state index is 12.9. The molecule has 9 nitrogen and oxygen atoms in total. The molecule has 0 aromatic carbocycles. The Balaban J connectivity index is 1.40. The lowest BCUT2D eigenvalue weighted by molar-refractivity contribution is -0.408.